The number of hydrogen-bond acceptors (Lipinski definition) is 4. The smallest absolute Gasteiger partial charge is 0.356 e. The van der Waals surface area contributed by atoms with Crippen LogP contribution in [-0.4, -0.2) is 24.2 Å². The van der Waals surface area contributed by atoms with Gasteiger partial charge in [-0.3, -0.25) is 0 Å². The number of nitrogens with zero attached hydrogens (tertiary/aromatic N) is 1. The van der Waals surface area contributed by atoms with Gasteiger partial charge in [0.15, 0.2) is 11.5 Å². The maximum absolute atomic E-state index is 14.1. The number of aromatic nitrogens is 1. The molecule has 0 saturated heterocycles. The first-order valence-electron chi connectivity index (χ1n) is 5.97. The average Bonchev–Trinajstić information content (AvgIpc) is 2.41. The van der Waals surface area contributed by atoms with Crippen LogP contribution >= 0.6 is 11.6 Å². The number of carbonyl (C=O) groups excluding carboxylic acids is 1. The molecule has 106 valence electrons. The first kappa shape index (κ1) is 14.5. The first-order valence-corrected chi connectivity index (χ1v) is 6.35. The van der Waals surface area contributed by atoms with Gasteiger partial charge >= 0.3 is 5.97 Å². The van der Waals surface area contributed by atoms with E-state index in [-0.39, 0.29) is 22.3 Å². The second-order valence-corrected chi connectivity index (χ2v) is 4.83. The molecule has 0 radical (unpaired) electrons. The van der Waals surface area contributed by atoms with E-state index in [1.807, 2.05) is 13.8 Å². The minimum atomic E-state index is -0.691. The van der Waals surface area contributed by atoms with E-state index in [2.05, 4.69) is 9.72 Å². The normalized spacial score (nSPS) is 10.9. The standard InChI is InChI=1S/C14H13ClFNO3/c1-7(2)20-11-6-10(14(18)19-3)17-13-8(11)4-5-9(15)12(13)16/h4-7H,1-3H3. The molecule has 20 heavy (non-hydrogen) atoms. The molecule has 1 heterocycles. The van der Waals surface area contributed by atoms with Crippen molar-refractivity contribution in [2.24, 2.45) is 0 Å². The molecular weight excluding hydrogens is 285 g/mol. The van der Waals surface area contributed by atoms with Gasteiger partial charge in [-0.05, 0) is 26.0 Å². The highest BCUT2D eigenvalue weighted by molar-refractivity contribution is 6.31. The lowest BCUT2D eigenvalue weighted by Gasteiger charge is -2.14. The van der Waals surface area contributed by atoms with E-state index in [0.29, 0.717) is 11.1 Å². The minimum absolute atomic E-state index is 0.0175. The third kappa shape index (κ3) is 2.67. The minimum Gasteiger partial charge on any atom is -0.490 e. The Morgan fingerprint density at radius 2 is 2.10 bits per heavy atom. The van der Waals surface area contributed by atoms with Crippen molar-refractivity contribution >= 4 is 28.5 Å². The summed E-state index contributed by atoms with van der Waals surface area (Å²) in [5.41, 5.74) is -0.0483. The number of carbonyl (C=O) groups is 1. The van der Waals surface area contributed by atoms with Crippen LogP contribution in [0.15, 0.2) is 18.2 Å². The third-order valence-electron chi connectivity index (χ3n) is 2.59. The zero-order valence-electron chi connectivity index (χ0n) is 11.2. The van der Waals surface area contributed by atoms with E-state index in [1.54, 1.807) is 6.07 Å². The second-order valence-electron chi connectivity index (χ2n) is 4.42. The zero-order valence-corrected chi connectivity index (χ0v) is 12.0. The summed E-state index contributed by atoms with van der Waals surface area (Å²) in [5.74, 6) is -0.996. The van der Waals surface area contributed by atoms with Crippen LogP contribution in [0.1, 0.15) is 24.3 Å². The number of rotatable bonds is 3. The summed E-state index contributed by atoms with van der Waals surface area (Å²) in [6.07, 6.45) is -0.134. The van der Waals surface area contributed by atoms with Gasteiger partial charge in [0.1, 0.15) is 11.3 Å². The van der Waals surface area contributed by atoms with Crippen LogP contribution in [0.3, 0.4) is 0 Å². The van der Waals surface area contributed by atoms with Crippen LogP contribution in [0.5, 0.6) is 5.75 Å². The largest absolute Gasteiger partial charge is 0.490 e. The van der Waals surface area contributed by atoms with Crippen LogP contribution in [0, 0.1) is 5.82 Å². The lowest BCUT2D eigenvalue weighted by atomic mass is 10.1. The van der Waals surface area contributed by atoms with Gasteiger partial charge in [0.2, 0.25) is 0 Å². The summed E-state index contributed by atoms with van der Waals surface area (Å²) in [6.45, 7) is 3.66. The van der Waals surface area contributed by atoms with Crippen molar-refractivity contribution < 1.29 is 18.7 Å². The molecule has 0 aliphatic rings. The van der Waals surface area contributed by atoms with Crippen molar-refractivity contribution in [2.75, 3.05) is 7.11 Å². The third-order valence-corrected chi connectivity index (χ3v) is 2.88. The van der Waals surface area contributed by atoms with Gasteiger partial charge in [-0.15, -0.1) is 0 Å². The molecule has 0 spiro atoms. The summed E-state index contributed by atoms with van der Waals surface area (Å²) in [5, 5.41) is 0.385. The fraction of sp³-hybridized carbons (Fsp3) is 0.286. The highest BCUT2D eigenvalue weighted by Crippen LogP contribution is 2.31. The molecule has 0 aliphatic heterocycles. The van der Waals surface area contributed by atoms with Crippen LogP contribution in [0.2, 0.25) is 5.02 Å². The Hall–Kier alpha value is -1.88. The summed E-state index contributed by atoms with van der Waals surface area (Å²) in [6, 6.07) is 4.46. The van der Waals surface area contributed by atoms with Crippen LogP contribution in [0.25, 0.3) is 10.9 Å². The van der Waals surface area contributed by atoms with Gasteiger partial charge in [0, 0.05) is 11.5 Å². The number of ether oxygens (including phenoxy) is 2. The van der Waals surface area contributed by atoms with E-state index in [0.717, 1.165) is 0 Å². The number of benzene rings is 1. The second kappa shape index (κ2) is 5.63. The molecule has 0 saturated carbocycles. The predicted octanol–water partition coefficient (Wildman–Crippen LogP) is 3.60. The summed E-state index contributed by atoms with van der Waals surface area (Å²) < 4.78 is 24.3. The van der Waals surface area contributed by atoms with Gasteiger partial charge in [0.05, 0.1) is 18.2 Å². The fourth-order valence-electron chi connectivity index (χ4n) is 1.76. The average molecular weight is 298 g/mol. The first-order chi connectivity index (χ1) is 9.43. The van der Waals surface area contributed by atoms with Crippen molar-refractivity contribution in [3.8, 4) is 5.75 Å². The highest BCUT2D eigenvalue weighted by atomic mass is 35.5. The highest BCUT2D eigenvalue weighted by Gasteiger charge is 2.17. The molecule has 2 rings (SSSR count). The molecule has 0 unspecified atom stereocenters. The quantitative estimate of drug-likeness (QED) is 0.812. The summed E-state index contributed by atoms with van der Waals surface area (Å²) >= 11 is 5.74. The Labute approximate surface area is 120 Å². The Balaban J connectivity index is 2.74. The molecule has 4 nitrogen and oxygen atoms in total. The topological polar surface area (TPSA) is 48.4 Å². The van der Waals surface area contributed by atoms with Crippen molar-refractivity contribution in [3.63, 3.8) is 0 Å². The molecule has 2 aromatic rings. The number of hydrogen-bond donors (Lipinski definition) is 0. The van der Waals surface area contributed by atoms with E-state index >= 15 is 0 Å². The number of esters is 1. The van der Waals surface area contributed by atoms with Gasteiger partial charge < -0.3 is 9.47 Å². The maximum atomic E-state index is 14.1. The van der Waals surface area contributed by atoms with E-state index < -0.39 is 11.8 Å². The Kier molecular flexibility index (Phi) is 4.09. The Bertz CT molecular complexity index is 673. The molecule has 0 amide bonds. The SMILES string of the molecule is COC(=O)c1cc(OC(C)C)c2ccc(Cl)c(F)c2n1. The summed E-state index contributed by atoms with van der Waals surface area (Å²) in [7, 11) is 1.23. The van der Waals surface area contributed by atoms with Crippen molar-refractivity contribution in [2.45, 2.75) is 20.0 Å². The van der Waals surface area contributed by atoms with Crippen molar-refractivity contribution in [1.29, 1.82) is 0 Å². The molecule has 0 N–H and O–H groups in total. The van der Waals surface area contributed by atoms with Gasteiger partial charge in [-0.2, -0.15) is 0 Å². The Morgan fingerprint density at radius 1 is 1.40 bits per heavy atom. The van der Waals surface area contributed by atoms with Gasteiger partial charge in [0.25, 0.3) is 0 Å². The number of halogens is 2. The number of pyridine rings is 1. The number of methoxy groups -OCH3 is 1. The molecule has 1 aromatic carbocycles. The fourth-order valence-corrected chi connectivity index (χ4v) is 1.92. The molecule has 1 aromatic heterocycles. The molecule has 6 heteroatoms. The van der Waals surface area contributed by atoms with Crippen molar-refractivity contribution in [3.05, 3.63) is 34.7 Å². The van der Waals surface area contributed by atoms with Crippen molar-refractivity contribution in [1.82, 2.24) is 4.98 Å². The molecule has 0 bridgehead atoms. The predicted molar refractivity (Wildman–Crippen MR) is 73.8 cm³/mol. The van der Waals surface area contributed by atoms with Gasteiger partial charge in [-0.1, -0.05) is 11.6 Å². The van der Waals surface area contributed by atoms with Crippen LogP contribution < -0.4 is 4.74 Å². The number of fused-ring (bicyclic) bond motifs is 1. The zero-order chi connectivity index (χ0) is 14.9. The molecule has 0 aliphatic carbocycles. The Morgan fingerprint density at radius 3 is 2.70 bits per heavy atom. The van der Waals surface area contributed by atoms with Gasteiger partial charge in [-0.25, -0.2) is 14.2 Å². The van der Waals surface area contributed by atoms with Crippen LogP contribution in [0.4, 0.5) is 4.39 Å². The molecular formula is C14H13ClFNO3. The van der Waals surface area contributed by atoms with E-state index in [4.69, 9.17) is 16.3 Å². The maximum Gasteiger partial charge on any atom is 0.356 e. The van der Waals surface area contributed by atoms with Crippen LogP contribution in [-0.2, 0) is 4.74 Å². The lowest BCUT2D eigenvalue weighted by molar-refractivity contribution is 0.0593. The molecule has 0 atom stereocenters. The lowest BCUT2D eigenvalue weighted by Crippen LogP contribution is -2.10. The van der Waals surface area contributed by atoms with E-state index in [1.165, 1.54) is 19.2 Å². The monoisotopic (exact) mass is 297 g/mol. The van der Waals surface area contributed by atoms with E-state index in [9.17, 15) is 9.18 Å². The summed E-state index contributed by atoms with van der Waals surface area (Å²) in [4.78, 5) is 15.6. The molecule has 0 fully saturated rings.